The van der Waals surface area contributed by atoms with Crippen molar-refractivity contribution in [1.29, 1.82) is 0 Å². The average molecular weight is 755 g/mol. The van der Waals surface area contributed by atoms with Crippen molar-refractivity contribution in [1.82, 2.24) is 0 Å². The highest BCUT2D eigenvalue weighted by Crippen LogP contribution is 2.70. The highest BCUT2D eigenvalue weighted by molar-refractivity contribution is 5.11. The maximum Gasteiger partial charge on any atom is 0.0890 e. The number of rotatable bonds is 12. The van der Waals surface area contributed by atoms with Crippen molar-refractivity contribution >= 4 is 0 Å². The molecule has 0 N–H and O–H groups in total. The second-order valence-electron chi connectivity index (χ2n) is 24.1. The van der Waals surface area contributed by atoms with E-state index in [1.807, 2.05) is 0 Å². The predicted octanol–water partition coefficient (Wildman–Crippen LogP) is 16.5. The zero-order chi connectivity index (χ0) is 38.6. The van der Waals surface area contributed by atoms with Gasteiger partial charge in [-0.15, -0.1) is 0 Å². The minimum absolute atomic E-state index is 0.607. The second-order valence-corrected chi connectivity index (χ2v) is 24.1. The van der Waals surface area contributed by atoms with Crippen LogP contribution in [-0.2, 0) is 4.74 Å². The lowest BCUT2D eigenvalue weighted by Gasteiger charge is -2.61. The summed E-state index contributed by atoms with van der Waals surface area (Å²) in [6.07, 6.45) is 42.5. The van der Waals surface area contributed by atoms with E-state index in [0.717, 1.165) is 71.0 Å². The van der Waals surface area contributed by atoms with Crippen molar-refractivity contribution in [2.75, 3.05) is 0 Å². The van der Waals surface area contributed by atoms with Crippen LogP contribution < -0.4 is 0 Å². The molecule has 55 heavy (non-hydrogen) atoms. The van der Waals surface area contributed by atoms with Crippen LogP contribution in [0.15, 0.2) is 23.7 Å². The first-order valence-electron chi connectivity index (χ1n) is 25.3. The van der Waals surface area contributed by atoms with Gasteiger partial charge in [0, 0.05) is 0 Å². The molecule has 0 amide bonds. The Morgan fingerprint density at radius 3 is 1.35 bits per heavy atom. The van der Waals surface area contributed by atoms with Crippen LogP contribution in [0, 0.1) is 92.7 Å². The maximum atomic E-state index is 6.11. The molecule has 0 aromatic carbocycles. The zero-order valence-electron chi connectivity index (χ0n) is 37.9. The molecule has 8 fully saturated rings. The molecule has 8 aliphatic rings. The highest BCUT2D eigenvalue weighted by atomic mass is 16.5. The van der Waals surface area contributed by atoms with Crippen molar-refractivity contribution in [2.24, 2.45) is 92.7 Å². The molecule has 16 atom stereocenters. The van der Waals surface area contributed by atoms with Gasteiger partial charge in [-0.3, -0.25) is 0 Å². The number of hydrogen-bond donors (Lipinski definition) is 0. The second kappa shape index (κ2) is 16.4. The molecule has 0 saturated heterocycles. The van der Waals surface area contributed by atoms with Crippen molar-refractivity contribution in [3.05, 3.63) is 23.7 Å². The topological polar surface area (TPSA) is 9.23 Å². The molecule has 1 nitrogen and oxygen atoms in total. The number of fused-ring (bicyclic) bond motifs is 10. The first-order valence-corrected chi connectivity index (χ1v) is 25.3. The molecular weight excluding hydrogens is 665 g/mol. The van der Waals surface area contributed by atoms with E-state index in [1.54, 1.807) is 38.5 Å². The van der Waals surface area contributed by atoms with E-state index in [4.69, 9.17) is 4.74 Å². The Morgan fingerprint density at radius 1 is 0.491 bits per heavy atom. The summed E-state index contributed by atoms with van der Waals surface area (Å²) in [5, 5.41) is 0. The predicted molar refractivity (Wildman–Crippen MR) is 234 cm³/mol. The van der Waals surface area contributed by atoms with Crippen LogP contribution in [0.3, 0.4) is 0 Å². The summed E-state index contributed by atoms with van der Waals surface area (Å²) in [5.74, 6) is 11.9. The number of hydrogen-bond acceptors (Lipinski definition) is 1. The average Bonchev–Trinajstić information content (AvgIpc) is 3.71. The van der Waals surface area contributed by atoms with E-state index in [2.05, 4.69) is 67.9 Å². The molecule has 0 heterocycles. The quantitative estimate of drug-likeness (QED) is 0.180. The van der Waals surface area contributed by atoms with Gasteiger partial charge >= 0.3 is 0 Å². The first kappa shape index (κ1) is 41.0. The van der Waals surface area contributed by atoms with Crippen LogP contribution in [0.1, 0.15) is 222 Å². The Bertz CT molecular complexity index is 1270. The third-order valence-corrected chi connectivity index (χ3v) is 21.7. The molecule has 2 unspecified atom stereocenters. The van der Waals surface area contributed by atoms with Crippen LogP contribution >= 0.6 is 0 Å². The summed E-state index contributed by atoms with van der Waals surface area (Å²) in [6, 6.07) is 0. The van der Waals surface area contributed by atoms with Gasteiger partial charge in [0.1, 0.15) is 0 Å². The Hall–Kier alpha value is -0.720. The van der Waals surface area contributed by atoms with Crippen molar-refractivity contribution in [3.8, 4) is 0 Å². The van der Waals surface area contributed by atoms with E-state index >= 15 is 0 Å². The van der Waals surface area contributed by atoms with E-state index in [-0.39, 0.29) is 0 Å². The van der Waals surface area contributed by atoms with Crippen molar-refractivity contribution in [2.45, 2.75) is 222 Å². The van der Waals surface area contributed by atoms with Crippen LogP contribution in [0.25, 0.3) is 0 Å². The van der Waals surface area contributed by atoms with E-state index in [1.165, 1.54) is 140 Å². The Balaban J connectivity index is 0.748. The smallest absolute Gasteiger partial charge is 0.0890 e. The Morgan fingerprint density at radius 2 is 0.909 bits per heavy atom. The van der Waals surface area contributed by atoms with Crippen LogP contribution in [0.5, 0.6) is 0 Å². The van der Waals surface area contributed by atoms with Gasteiger partial charge in [-0.1, -0.05) is 80.1 Å². The largest absolute Gasteiger partial charge is 0.473 e. The van der Waals surface area contributed by atoms with Crippen LogP contribution in [-0.4, -0.2) is 0 Å². The lowest BCUT2D eigenvalue weighted by Crippen LogP contribution is -2.53. The summed E-state index contributed by atoms with van der Waals surface area (Å²) in [5.41, 5.74) is 5.40. The van der Waals surface area contributed by atoms with E-state index < -0.39 is 0 Å². The fraction of sp³-hybridized carbons (Fsp3) is 0.926. The molecule has 8 aliphatic carbocycles. The molecule has 0 aromatic heterocycles. The Labute approximate surface area is 342 Å². The summed E-state index contributed by atoms with van der Waals surface area (Å²) < 4.78 is 6.11. The first-order chi connectivity index (χ1) is 26.4. The number of ether oxygens (including phenoxy) is 1. The Kier molecular flexibility index (Phi) is 12.2. The van der Waals surface area contributed by atoms with Crippen LogP contribution in [0.4, 0.5) is 0 Å². The van der Waals surface area contributed by atoms with Gasteiger partial charge in [-0.05, 0) is 246 Å². The molecular formula is C54H90O. The van der Waals surface area contributed by atoms with Crippen molar-refractivity contribution in [3.63, 3.8) is 0 Å². The molecule has 0 aromatic rings. The van der Waals surface area contributed by atoms with Gasteiger partial charge in [0.05, 0.1) is 12.5 Å². The third-order valence-electron chi connectivity index (χ3n) is 21.7. The van der Waals surface area contributed by atoms with E-state index in [0.29, 0.717) is 21.7 Å². The summed E-state index contributed by atoms with van der Waals surface area (Å²) in [6.45, 7) is 20.9. The summed E-state index contributed by atoms with van der Waals surface area (Å²) >= 11 is 0. The maximum absolute atomic E-state index is 6.11. The molecule has 0 spiro atoms. The monoisotopic (exact) mass is 755 g/mol. The minimum atomic E-state index is 0.607. The summed E-state index contributed by atoms with van der Waals surface area (Å²) in [4.78, 5) is 0. The SMILES string of the molecule is CC(=COC=C(C)CCC[C@@H](C)[C@H]1CC[C@H]2[C@@H]3CCC4CCCC[C@]4(C)[C@H]3CC[C@]12C)CCC[C@@H](C)[C@H]1CC[C@H]2[C@@H]3CCC4CCCC[C@]4(C)[C@H]3CC[C@]12C. The standard InChI is InChI=1S/C54H90O/c1-37(15-13-17-39(3)45-25-27-47-43-23-21-41-19-9-11-31-51(41,5)49(43)29-33-53(45,47)7)35-55-36-38(2)16-14-18-40(4)46-26-28-48-44-24-22-42-20-10-12-32-52(42,6)50(44)30-34-54(46,48)8/h35-36,39-50H,9-34H2,1-8H3/t39-,40-,41?,42?,43+,44+,45-,46-,47+,48+,49+,50+,51+,52+,53-,54-/m1/s1. The molecule has 8 saturated carbocycles. The summed E-state index contributed by atoms with van der Waals surface area (Å²) in [7, 11) is 0. The van der Waals surface area contributed by atoms with Crippen molar-refractivity contribution < 1.29 is 4.74 Å². The molecule has 312 valence electrons. The zero-order valence-corrected chi connectivity index (χ0v) is 37.9. The van der Waals surface area contributed by atoms with E-state index in [9.17, 15) is 0 Å². The lowest BCUT2D eigenvalue weighted by molar-refractivity contribution is -0.114. The van der Waals surface area contributed by atoms with Crippen LogP contribution in [0.2, 0.25) is 0 Å². The fourth-order valence-corrected chi connectivity index (χ4v) is 18.7. The molecule has 8 rings (SSSR count). The lowest BCUT2D eigenvalue weighted by atomic mass is 9.44. The third kappa shape index (κ3) is 7.43. The normalized spacial score (nSPS) is 48.1. The highest BCUT2D eigenvalue weighted by Gasteiger charge is 2.61. The van der Waals surface area contributed by atoms with Gasteiger partial charge in [-0.2, -0.15) is 0 Å². The molecule has 1 heteroatoms. The molecule has 0 aliphatic heterocycles. The molecule has 0 radical (unpaired) electrons. The van der Waals surface area contributed by atoms with Gasteiger partial charge < -0.3 is 4.74 Å². The van der Waals surface area contributed by atoms with Gasteiger partial charge in [0.25, 0.3) is 0 Å². The fourth-order valence-electron chi connectivity index (χ4n) is 18.7. The number of allylic oxidation sites excluding steroid dienone is 2. The van der Waals surface area contributed by atoms with Gasteiger partial charge in [0.15, 0.2) is 0 Å². The van der Waals surface area contributed by atoms with Gasteiger partial charge in [0.2, 0.25) is 0 Å². The minimum Gasteiger partial charge on any atom is -0.473 e. The molecule has 0 bridgehead atoms. The van der Waals surface area contributed by atoms with Gasteiger partial charge in [-0.25, -0.2) is 0 Å².